The molecule has 0 rings (SSSR count). The van der Waals surface area contributed by atoms with Crippen molar-refractivity contribution in [3.05, 3.63) is 24.3 Å². The maximum atomic E-state index is 12.5. The van der Waals surface area contributed by atoms with Gasteiger partial charge in [0, 0.05) is 0 Å². The summed E-state index contributed by atoms with van der Waals surface area (Å²) in [5.74, 6) is -1.56. The smallest absolute Gasteiger partial charge is 0.267 e. The number of nitrogens with one attached hydrogen (secondary N) is 1. The van der Waals surface area contributed by atoms with Gasteiger partial charge >= 0.3 is 0 Å². The van der Waals surface area contributed by atoms with E-state index in [0.717, 1.165) is 44.9 Å². The molecule has 0 aromatic heterocycles. The molecule has 0 aromatic carbocycles. The Balaban J connectivity index is 4.00. The van der Waals surface area contributed by atoms with Gasteiger partial charge in [-0.05, 0) is 25.7 Å². The Kier molecular flexibility index (Phi) is 28.7. The fourth-order valence-corrected chi connectivity index (χ4v) is 5.96. The second-order valence-corrected chi connectivity index (χ2v) is 13.8. The molecule has 7 nitrogen and oxygen atoms in total. The van der Waals surface area contributed by atoms with Crippen LogP contribution in [0.2, 0.25) is 0 Å². The van der Waals surface area contributed by atoms with Crippen LogP contribution in [0, 0.1) is 0 Å². The zero-order valence-corrected chi connectivity index (χ0v) is 28.5. The summed E-state index contributed by atoms with van der Waals surface area (Å²) in [6.07, 6.45) is 32.6. The zero-order chi connectivity index (χ0) is 32.0. The van der Waals surface area contributed by atoms with E-state index < -0.39 is 40.0 Å². The van der Waals surface area contributed by atoms with Crippen molar-refractivity contribution in [2.45, 2.75) is 186 Å². The SMILES string of the molecule is CCCC/C=C/CC/C=C/C(O)C(CS(=O)(=O)O)NC(=O)C(O)CCCCCCCCCCCCCCCCCCCC. The molecule has 0 aliphatic heterocycles. The predicted molar refractivity (Wildman–Crippen MR) is 181 cm³/mol. The number of carbonyl (C=O) groups is 1. The minimum absolute atomic E-state index is 0.277. The van der Waals surface area contributed by atoms with E-state index >= 15 is 0 Å². The Morgan fingerprint density at radius 1 is 0.628 bits per heavy atom. The standard InChI is InChI=1S/C35H67NO6S/c1-3-5-7-9-11-13-14-15-16-17-18-19-20-21-22-24-26-28-30-34(38)35(39)36-32(31-43(40,41)42)33(37)29-27-25-23-12-10-8-6-4-2/h10,12,27,29,32-34,37-38H,3-9,11,13-26,28,30-31H2,1-2H3,(H,36,39)(H,40,41,42)/b12-10+,29-27+. The Morgan fingerprint density at radius 2 is 1.05 bits per heavy atom. The van der Waals surface area contributed by atoms with Gasteiger partial charge in [-0.15, -0.1) is 0 Å². The monoisotopic (exact) mass is 629 g/mol. The Hall–Kier alpha value is -1.22. The van der Waals surface area contributed by atoms with E-state index in [1.54, 1.807) is 6.08 Å². The number of aliphatic hydroxyl groups excluding tert-OH is 2. The molecule has 3 unspecified atom stereocenters. The predicted octanol–water partition coefficient (Wildman–Crippen LogP) is 8.60. The molecule has 3 atom stereocenters. The van der Waals surface area contributed by atoms with E-state index in [1.165, 1.54) is 96.0 Å². The normalized spacial score (nSPS) is 14.4. The topological polar surface area (TPSA) is 124 Å². The molecule has 0 aliphatic carbocycles. The van der Waals surface area contributed by atoms with Gasteiger partial charge in [0.1, 0.15) is 6.10 Å². The Bertz CT molecular complexity index is 798. The second kappa shape index (κ2) is 29.5. The van der Waals surface area contributed by atoms with Gasteiger partial charge in [0.15, 0.2) is 0 Å². The molecule has 0 saturated heterocycles. The van der Waals surface area contributed by atoms with Crippen molar-refractivity contribution in [3.63, 3.8) is 0 Å². The largest absolute Gasteiger partial charge is 0.387 e. The van der Waals surface area contributed by atoms with Crippen LogP contribution in [0.1, 0.15) is 168 Å². The summed E-state index contributed by atoms with van der Waals surface area (Å²) in [5, 5.41) is 23.1. The van der Waals surface area contributed by atoms with Gasteiger partial charge in [-0.3, -0.25) is 9.35 Å². The fraction of sp³-hybridized carbons (Fsp3) is 0.857. The van der Waals surface area contributed by atoms with Gasteiger partial charge in [0.2, 0.25) is 5.91 Å². The molecule has 8 heteroatoms. The minimum atomic E-state index is -4.44. The van der Waals surface area contributed by atoms with E-state index in [1.807, 2.05) is 0 Å². The summed E-state index contributed by atoms with van der Waals surface area (Å²) in [7, 11) is -4.44. The maximum Gasteiger partial charge on any atom is 0.267 e. The molecule has 0 bridgehead atoms. The van der Waals surface area contributed by atoms with Crippen molar-refractivity contribution >= 4 is 16.0 Å². The molecule has 0 saturated carbocycles. The number of hydrogen-bond donors (Lipinski definition) is 4. The quantitative estimate of drug-likeness (QED) is 0.0346. The van der Waals surface area contributed by atoms with Gasteiger partial charge in [-0.25, -0.2) is 0 Å². The number of hydrogen-bond acceptors (Lipinski definition) is 5. The summed E-state index contributed by atoms with van der Waals surface area (Å²) >= 11 is 0. The third-order valence-electron chi connectivity index (χ3n) is 7.99. The highest BCUT2D eigenvalue weighted by Gasteiger charge is 2.27. The highest BCUT2D eigenvalue weighted by molar-refractivity contribution is 7.85. The molecule has 1 amide bonds. The number of allylic oxidation sites excluding steroid dienone is 3. The molecule has 4 N–H and O–H groups in total. The van der Waals surface area contributed by atoms with Crippen molar-refractivity contribution in [1.29, 1.82) is 0 Å². The van der Waals surface area contributed by atoms with Crippen LogP contribution in [0.5, 0.6) is 0 Å². The lowest BCUT2D eigenvalue weighted by atomic mass is 10.0. The van der Waals surface area contributed by atoms with E-state index in [4.69, 9.17) is 0 Å². The number of carbonyl (C=O) groups excluding carboxylic acids is 1. The summed E-state index contributed by atoms with van der Waals surface area (Å²) < 4.78 is 32.2. The van der Waals surface area contributed by atoms with Gasteiger partial charge in [0.25, 0.3) is 10.1 Å². The summed E-state index contributed by atoms with van der Waals surface area (Å²) in [6, 6.07) is -1.24. The summed E-state index contributed by atoms with van der Waals surface area (Å²) in [5.41, 5.74) is 0. The van der Waals surface area contributed by atoms with Crippen molar-refractivity contribution in [1.82, 2.24) is 5.32 Å². The van der Waals surface area contributed by atoms with Crippen LogP contribution in [0.4, 0.5) is 0 Å². The van der Waals surface area contributed by atoms with Crippen LogP contribution in [-0.2, 0) is 14.9 Å². The Labute approximate surface area is 265 Å². The van der Waals surface area contributed by atoms with E-state index in [9.17, 15) is 28.0 Å². The van der Waals surface area contributed by atoms with Crippen LogP contribution >= 0.6 is 0 Å². The lowest BCUT2D eigenvalue weighted by Crippen LogP contribution is -2.50. The van der Waals surface area contributed by atoms with Crippen LogP contribution < -0.4 is 5.32 Å². The first-order valence-electron chi connectivity index (χ1n) is 17.6. The average Bonchev–Trinajstić information content (AvgIpc) is 2.96. The van der Waals surface area contributed by atoms with Gasteiger partial charge in [0.05, 0.1) is 17.9 Å². The lowest BCUT2D eigenvalue weighted by Gasteiger charge is -2.22. The van der Waals surface area contributed by atoms with E-state index in [-0.39, 0.29) is 6.42 Å². The lowest BCUT2D eigenvalue weighted by molar-refractivity contribution is -0.130. The van der Waals surface area contributed by atoms with Gasteiger partial charge < -0.3 is 15.5 Å². The van der Waals surface area contributed by atoms with Crippen LogP contribution in [0.25, 0.3) is 0 Å². The van der Waals surface area contributed by atoms with Crippen LogP contribution in [-0.4, -0.2) is 53.1 Å². The number of amides is 1. The van der Waals surface area contributed by atoms with Crippen molar-refractivity contribution < 1.29 is 28.0 Å². The molecule has 0 radical (unpaired) electrons. The maximum absolute atomic E-state index is 12.5. The first-order valence-corrected chi connectivity index (χ1v) is 19.3. The minimum Gasteiger partial charge on any atom is -0.387 e. The van der Waals surface area contributed by atoms with Crippen molar-refractivity contribution in [2.24, 2.45) is 0 Å². The molecule has 0 aliphatic rings. The third kappa shape index (κ3) is 29.3. The molecule has 254 valence electrons. The molecule has 43 heavy (non-hydrogen) atoms. The second-order valence-electron chi connectivity index (χ2n) is 12.3. The number of rotatable bonds is 31. The zero-order valence-electron chi connectivity index (χ0n) is 27.7. The number of aliphatic hydroxyl groups is 2. The molecule has 0 heterocycles. The third-order valence-corrected chi connectivity index (χ3v) is 8.77. The van der Waals surface area contributed by atoms with Crippen LogP contribution in [0.3, 0.4) is 0 Å². The Morgan fingerprint density at radius 3 is 1.51 bits per heavy atom. The van der Waals surface area contributed by atoms with Gasteiger partial charge in [-0.1, -0.05) is 167 Å². The summed E-state index contributed by atoms with van der Waals surface area (Å²) in [6.45, 7) is 4.40. The highest BCUT2D eigenvalue weighted by atomic mass is 32.2. The average molecular weight is 630 g/mol. The van der Waals surface area contributed by atoms with Crippen molar-refractivity contribution in [2.75, 3.05) is 5.75 Å². The fourth-order valence-electron chi connectivity index (χ4n) is 5.22. The first kappa shape index (κ1) is 41.8. The molecule has 0 fully saturated rings. The van der Waals surface area contributed by atoms with E-state index in [2.05, 4.69) is 31.3 Å². The van der Waals surface area contributed by atoms with Crippen molar-refractivity contribution in [3.8, 4) is 0 Å². The van der Waals surface area contributed by atoms with Gasteiger partial charge in [-0.2, -0.15) is 8.42 Å². The number of unbranched alkanes of at least 4 members (excludes halogenated alkanes) is 20. The highest BCUT2D eigenvalue weighted by Crippen LogP contribution is 2.15. The molecule has 0 aromatic rings. The summed E-state index contributed by atoms with van der Waals surface area (Å²) in [4.78, 5) is 12.5. The first-order chi connectivity index (χ1) is 20.7. The van der Waals surface area contributed by atoms with E-state index in [0.29, 0.717) is 12.8 Å². The molecule has 0 spiro atoms. The molecular weight excluding hydrogens is 562 g/mol. The van der Waals surface area contributed by atoms with Crippen LogP contribution in [0.15, 0.2) is 24.3 Å². The molecular formula is C35H67NO6S.